The SMILES string of the molecule is C/C=C/CNc1cc(Oc2ccc(Cl)cc2Cl)ccc1[N+](=O)[O-].CCO[PH](=O)OCC. The first-order chi connectivity index (χ1) is 14.8. The highest BCUT2D eigenvalue weighted by Crippen LogP contribution is 2.35. The number of allylic oxidation sites excluding steroid dienone is 1. The Morgan fingerprint density at radius 1 is 1.13 bits per heavy atom. The van der Waals surface area contributed by atoms with E-state index in [0.29, 0.717) is 47.0 Å². The molecule has 0 heterocycles. The summed E-state index contributed by atoms with van der Waals surface area (Å²) >= 11 is 11.9. The van der Waals surface area contributed by atoms with Gasteiger partial charge in [0.25, 0.3) is 5.69 Å². The van der Waals surface area contributed by atoms with Gasteiger partial charge in [-0.15, -0.1) is 0 Å². The first-order valence-electron chi connectivity index (χ1n) is 9.38. The molecule has 0 bridgehead atoms. The van der Waals surface area contributed by atoms with Crippen LogP contribution in [0.15, 0.2) is 48.6 Å². The average Bonchev–Trinajstić information content (AvgIpc) is 2.71. The van der Waals surface area contributed by atoms with Crippen molar-refractivity contribution in [2.75, 3.05) is 25.1 Å². The maximum absolute atomic E-state index is 11.1. The van der Waals surface area contributed by atoms with Crippen LogP contribution in [-0.2, 0) is 13.6 Å². The van der Waals surface area contributed by atoms with Gasteiger partial charge >= 0.3 is 8.25 Å². The van der Waals surface area contributed by atoms with E-state index in [0.717, 1.165) is 0 Å². The lowest BCUT2D eigenvalue weighted by molar-refractivity contribution is -0.384. The lowest BCUT2D eigenvalue weighted by Gasteiger charge is -2.10. The van der Waals surface area contributed by atoms with Crippen LogP contribution in [0.2, 0.25) is 10.0 Å². The van der Waals surface area contributed by atoms with Gasteiger partial charge < -0.3 is 19.1 Å². The summed E-state index contributed by atoms with van der Waals surface area (Å²) in [4.78, 5) is 10.6. The van der Waals surface area contributed by atoms with Gasteiger partial charge in [0.15, 0.2) is 0 Å². The second kappa shape index (κ2) is 14.8. The Morgan fingerprint density at radius 3 is 2.35 bits per heavy atom. The summed E-state index contributed by atoms with van der Waals surface area (Å²) in [5, 5.41) is 14.9. The van der Waals surface area contributed by atoms with Crippen LogP contribution in [0.25, 0.3) is 0 Å². The third-order valence-electron chi connectivity index (χ3n) is 3.46. The van der Waals surface area contributed by atoms with Crippen LogP contribution >= 0.6 is 31.5 Å². The minimum absolute atomic E-state index is 0.0240. The van der Waals surface area contributed by atoms with E-state index in [-0.39, 0.29) is 5.69 Å². The lowest BCUT2D eigenvalue weighted by Crippen LogP contribution is -2.02. The summed E-state index contributed by atoms with van der Waals surface area (Å²) < 4.78 is 25.3. The van der Waals surface area contributed by atoms with Crippen molar-refractivity contribution >= 4 is 42.8 Å². The summed E-state index contributed by atoms with van der Waals surface area (Å²) in [6.07, 6.45) is 3.71. The van der Waals surface area contributed by atoms with Gasteiger partial charge in [-0.25, -0.2) is 0 Å². The first-order valence-corrected chi connectivity index (χ1v) is 11.4. The highest BCUT2D eigenvalue weighted by molar-refractivity contribution is 7.33. The normalized spacial score (nSPS) is 10.6. The summed E-state index contributed by atoms with van der Waals surface area (Å²) in [6, 6.07) is 9.32. The number of ether oxygens (including phenoxy) is 1. The van der Waals surface area contributed by atoms with E-state index in [1.807, 2.05) is 19.1 Å². The molecule has 0 unspecified atom stereocenters. The molecule has 0 radical (unpaired) electrons. The summed E-state index contributed by atoms with van der Waals surface area (Å²) in [5.74, 6) is 0.854. The third kappa shape index (κ3) is 10.2. The van der Waals surface area contributed by atoms with Crippen molar-refractivity contribution in [3.05, 3.63) is 68.7 Å². The number of benzene rings is 2. The molecule has 0 saturated carbocycles. The van der Waals surface area contributed by atoms with Crippen molar-refractivity contribution in [3.8, 4) is 11.5 Å². The summed E-state index contributed by atoms with van der Waals surface area (Å²) in [5.41, 5.74) is 0.347. The highest BCUT2D eigenvalue weighted by Gasteiger charge is 2.15. The highest BCUT2D eigenvalue weighted by atomic mass is 35.5. The van der Waals surface area contributed by atoms with E-state index in [1.54, 1.807) is 38.1 Å². The number of nitrogens with one attached hydrogen (secondary N) is 1. The first kappa shape index (κ1) is 26.9. The molecular weight excluding hydrogens is 466 g/mol. The van der Waals surface area contributed by atoms with Crippen molar-refractivity contribution in [2.45, 2.75) is 20.8 Å². The van der Waals surface area contributed by atoms with E-state index >= 15 is 0 Å². The van der Waals surface area contributed by atoms with Crippen molar-refractivity contribution in [2.24, 2.45) is 0 Å². The molecule has 2 rings (SSSR count). The van der Waals surface area contributed by atoms with Crippen LogP contribution in [0.3, 0.4) is 0 Å². The van der Waals surface area contributed by atoms with E-state index < -0.39 is 13.2 Å². The molecule has 1 N–H and O–H groups in total. The predicted octanol–water partition coefficient (Wildman–Crippen LogP) is 7.13. The van der Waals surface area contributed by atoms with Crippen LogP contribution in [0.5, 0.6) is 11.5 Å². The largest absolute Gasteiger partial charge is 0.456 e. The fourth-order valence-electron chi connectivity index (χ4n) is 2.13. The minimum Gasteiger partial charge on any atom is -0.456 e. The number of rotatable bonds is 10. The molecule has 2 aromatic carbocycles. The number of anilines is 1. The van der Waals surface area contributed by atoms with Gasteiger partial charge in [0.2, 0.25) is 0 Å². The molecule has 0 aliphatic heterocycles. The van der Waals surface area contributed by atoms with Crippen molar-refractivity contribution < 1.29 is 23.3 Å². The van der Waals surface area contributed by atoms with Crippen LogP contribution < -0.4 is 10.1 Å². The summed E-state index contributed by atoms with van der Waals surface area (Å²) in [7, 11) is -2.14. The molecule has 0 fully saturated rings. The smallest absolute Gasteiger partial charge is 0.319 e. The molecule has 0 aliphatic rings. The van der Waals surface area contributed by atoms with Gasteiger partial charge in [-0.3, -0.25) is 14.7 Å². The standard InChI is InChI=1S/C16H14Cl2N2O3.C4H11O3P/c1-2-3-8-19-14-10-12(5-6-15(14)20(21)22)23-16-7-4-11(17)9-13(16)18;1-3-6-8(5)7-4-2/h2-7,9-10,19H,8H2,1H3;8H,3-4H2,1-2H3/b3-2+;. The quantitative estimate of drug-likeness (QED) is 0.163. The van der Waals surface area contributed by atoms with Gasteiger partial charge in [0, 0.05) is 23.7 Å². The zero-order chi connectivity index (χ0) is 23.2. The Hall–Kier alpha value is -2.09. The number of nitro benzene ring substituents is 1. The second-order valence-corrected chi connectivity index (χ2v) is 7.60. The monoisotopic (exact) mass is 490 g/mol. The molecule has 0 aliphatic carbocycles. The molecular formula is C20H25Cl2N2O6P. The van der Waals surface area contributed by atoms with Gasteiger partial charge in [-0.2, -0.15) is 0 Å². The Balaban J connectivity index is 0.000000512. The molecule has 0 aromatic heterocycles. The predicted molar refractivity (Wildman–Crippen MR) is 125 cm³/mol. The molecule has 2 aromatic rings. The second-order valence-electron chi connectivity index (χ2n) is 5.68. The third-order valence-corrected chi connectivity index (χ3v) is 5.04. The average molecular weight is 491 g/mol. The number of nitro groups is 1. The van der Waals surface area contributed by atoms with Gasteiger partial charge in [-0.05, 0) is 45.0 Å². The number of hydrogen-bond donors (Lipinski definition) is 1. The minimum atomic E-state index is -2.14. The van der Waals surface area contributed by atoms with Crippen molar-refractivity contribution in [1.29, 1.82) is 0 Å². The molecule has 170 valence electrons. The molecule has 11 heteroatoms. The summed E-state index contributed by atoms with van der Waals surface area (Å²) in [6.45, 7) is 6.82. The number of nitrogens with zero attached hydrogens (tertiary/aromatic N) is 1. The van der Waals surface area contributed by atoms with E-state index in [1.165, 1.54) is 12.1 Å². The Labute approximate surface area is 192 Å². The fraction of sp³-hybridized carbons (Fsp3) is 0.300. The van der Waals surface area contributed by atoms with E-state index in [4.69, 9.17) is 27.9 Å². The molecule has 0 atom stereocenters. The molecule has 31 heavy (non-hydrogen) atoms. The van der Waals surface area contributed by atoms with E-state index in [9.17, 15) is 14.7 Å². The zero-order valence-electron chi connectivity index (χ0n) is 17.4. The topological polar surface area (TPSA) is 99.9 Å². The Morgan fingerprint density at radius 2 is 1.81 bits per heavy atom. The lowest BCUT2D eigenvalue weighted by atomic mass is 10.2. The number of hydrogen-bond acceptors (Lipinski definition) is 7. The van der Waals surface area contributed by atoms with Gasteiger partial charge in [-0.1, -0.05) is 35.4 Å². The maximum atomic E-state index is 11.1. The van der Waals surface area contributed by atoms with E-state index in [2.05, 4.69) is 14.4 Å². The van der Waals surface area contributed by atoms with Crippen LogP contribution in [0, 0.1) is 10.1 Å². The van der Waals surface area contributed by atoms with Gasteiger partial charge in [0.1, 0.15) is 17.2 Å². The molecule has 0 spiro atoms. The molecule has 0 saturated heterocycles. The maximum Gasteiger partial charge on any atom is 0.319 e. The molecule has 0 amide bonds. The fourth-order valence-corrected chi connectivity index (χ4v) is 3.13. The zero-order valence-corrected chi connectivity index (χ0v) is 19.9. The van der Waals surface area contributed by atoms with Crippen molar-refractivity contribution in [1.82, 2.24) is 0 Å². The van der Waals surface area contributed by atoms with Crippen LogP contribution in [-0.4, -0.2) is 24.7 Å². The Kier molecular flexibility index (Phi) is 12.9. The number of halogens is 2. The van der Waals surface area contributed by atoms with Gasteiger partial charge in [0.05, 0.1) is 23.2 Å². The molecule has 8 nitrogen and oxygen atoms in total. The van der Waals surface area contributed by atoms with Crippen LogP contribution in [0.4, 0.5) is 11.4 Å². The Bertz CT molecular complexity index is 903. The van der Waals surface area contributed by atoms with Crippen molar-refractivity contribution in [3.63, 3.8) is 0 Å². The van der Waals surface area contributed by atoms with Crippen LogP contribution in [0.1, 0.15) is 20.8 Å².